The zero-order valence-corrected chi connectivity index (χ0v) is 11.5. The van der Waals surface area contributed by atoms with Crippen molar-refractivity contribution in [3.05, 3.63) is 53.3 Å². The summed E-state index contributed by atoms with van der Waals surface area (Å²) in [5.74, 6) is 0.126. The Morgan fingerprint density at radius 1 is 1.40 bits per heavy atom. The number of amides is 1. The molecule has 0 fully saturated rings. The van der Waals surface area contributed by atoms with Crippen LogP contribution in [-0.2, 0) is 24.3 Å². The van der Waals surface area contributed by atoms with Crippen molar-refractivity contribution < 1.29 is 4.79 Å². The van der Waals surface area contributed by atoms with E-state index in [2.05, 4.69) is 27.6 Å². The molecule has 0 spiro atoms. The van der Waals surface area contributed by atoms with Crippen LogP contribution in [0.15, 0.2) is 36.7 Å². The lowest BCUT2D eigenvalue weighted by Crippen LogP contribution is -2.47. The second-order valence-corrected chi connectivity index (χ2v) is 5.21. The summed E-state index contributed by atoms with van der Waals surface area (Å²) in [7, 11) is 1.83. The van der Waals surface area contributed by atoms with Gasteiger partial charge in [0.2, 0.25) is 5.91 Å². The monoisotopic (exact) mass is 270 g/mol. The number of aromatic amines is 1. The smallest absolute Gasteiger partial charge is 0.240 e. The number of rotatable bonds is 3. The fraction of sp³-hybridized carbons (Fsp3) is 0.333. The van der Waals surface area contributed by atoms with Crippen LogP contribution < -0.4 is 5.32 Å². The lowest BCUT2D eigenvalue weighted by Gasteiger charge is -2.28. The Kier molecular flexibility index (Phi) is 3.52. The van der Waals surface area contributed by atoms with Crippen LogP contribution in [0.5, 0.6) is 0 Å². The van der Waals surface area contributed by atoms with Crippen LogP contribution in [-0.4, -0.2) is 34.1 Å². The van der Waals surface area contributed by atoms with Crippen molar-refractivity contribution in [2.75, 3.05) is 7.05 Å². The molecule has 20 heavy (non-hydrogen) atoms. The van der Waals surface area contributed by atoms with Gasteiger partial charge in [-0.15, -0.1) is 0 Å². The van der Waals surface area contributed by atoms with Crippen molar-refractivity contribution in [2.45, 2.75) is 25.6 Å². The molecule has 1 amide bonds. The standard InChI is InChI=1S/C15H18N4O/c1-19(10-11-7-17-18-8-11)15(20)14-6-12-4-2-3-5-13(12)9-16-14/h2-5,7-8,14,16H,6,9-10H2,1H3,(H,17,18)/t14-/m1/s1. The zero-order chi connectivity index (χ0) is 13.9. The Morgan fingerprint density at radius 3 is 2.95 bits per heavy atom. The van der Waals surface area contributed by atoms with E-state index >= 15 is 0 Å². The van der Waals surface area contributed by atoms with Crippen LogP contribution in [0.2, 0.25) is 0 Å². The Labute approximate surface area is 118 Å². The summed E-state index contributed by atoms with van der Waals surface area (Å²) < 4.78 is 0. The third kappa shape index (κ3) is 2.58. The maximum atomic E-state index is 12.5. The van der Waals surface area contributed by atoms with Crippen molar-refractivity contribution in [3.63, 3.8) is 0 Å². The molecule has 3 rings (SSSR count). The molecule has 1 aliphatic rings. The number of likely N-dealkylation sites (N-methyl/N-ethyl adjacent to an activating group) is 1. The largest absolute Gasteiger partial charge is 0.340 e. The SMILES string of the molecule is CN(Cc1cn[nH]c1)C(=O)[C@H]1Cc2ccccc2CN1. The molecule has 1 atom stereocenters. The highest BCUT2D eigenvalue weighted by molar-refractivity contribution is 5.82. The average Bonchev–Trinajstić information content (AvgIpc) is 2.99. The Morgan fingerprint density at radius 2 is 2.20 bits per heavy atom. The van der Waals surface area contributed by atoms with Gasteiger partial charge in [0.25, 0.3) is 0 Å². The highest BCUT2D eigenvalue weighted by atomic mass is 16.2. The van der Waals surface area contributed by atoms with E-state index in [9.17, 15) is 4.79 Å². The molecule has 0 saturated carbocycles. The number of fused-ring (bicyclic) bond motifs is 1. The van der Waals surface area contributed by atoms with Gasteiger partial charge >= 0.3 is 0 Å². The first kappa shape index (κ1) is 12.9. The summed E-state index contributed by atoms with van der Waals surface area (Å²) in [5, 5.41) is 9.98. The van der Waals surface area contributed by atoms with E-state index in [1.807, 2.05) is 25.4 Å². The molecular weight excluding hydrogens is 252 g/mol. The summed E-state index contributed by atoms with van der Waals surface area (Å²) in [6, 6.07) is 8.14. The van der Waals surface area contributed by atoms with Crippen molar-refractivity contribution >= 4 is 5.91 Å². The molecule has 0 radical (unpaired) electrons. The fourth-order valence-corrected chi connectivity index (χ4v) is 2.61. The van der Waals surface area contributed by atoms with Crippen molar-refractivity contribution in [1.29, 1.82) is 0 Å². The van der Waals surface area contributed by atoms with Crippen molar-refractivity contribution in [3.8, 4) is 0 Å². The van der Waals surface area contributed by atoms with Crippen LogP contribution in [0.1, 0.15) is 16.7 Å². The number of carbonyl (C=O) groups is 1. The van der Waals surface area contributed by atoms with Gasteiger partial charge in [0.05, 0.1) is 12.2 Å². The molecule has 2 N–H and O–H groups in total. The van der Waals surface area contributed by atoms with Gasteiger partial charge in [-0.25, -0.2) is 0 Å². The predicted molar refractivity (Wildman–Crippen MR) is 75.8 cm³/mol. The lowest BCUT2D eigenvalue weighted by atomic mass is 9.95. The maximum Gasteiger partial charge on any atom is 0.240 e. The number of hydrogen-bond acceptors (Lipinski definition) is 3. The lowest BCUT2D eigenvalue weighted by molar-refractivity contribution is -0.132. The molecule has 2 aromatic rings. The quantitative estimate of drug-likeness (QED) is 0.877. The molecule has 1 aliphatic heterocycles. The van der Waals surface area contributed by atoms with Gasteiger partial charge in [-0.2, -0.15) is 5.10 Å². The molecule has 104 valence electrons. The van der Waals surface area contributed by atoms with E-state index in [0.717, 1.165) is 18.5 Å². The van der Waals surface area contributed by atoms with Gasteiger partial charge in [0.15, 0.2) is 0 Å². The molecule has 5 heteroatoms. The van der Waals surface area contributed by atoms with E-state index in [1.54, 1.807) is 11.1 Å². The van der Waals surface area contributed by atoms with Crippen molar-refractivity contribution in [2.24, 2.45) is 0 Å². The van der Waals surface area contributed by atoms with E-state index in [-0.39, 0.29) is 11.9 Å². The molecule has 5 nitrogen and oxygen atoms in total. The van der Waals surface area contributed by atoms with E-state index < -0.39 is 0 Å². The average molecular weight is 270 g/mol. The first-order valence-electron chi connectivity index (χ1n) is 6.77. The Balaban J connectivity index is 1.66. The van der Waals surface area contributed by atoms with E-state index in [4.69, 9.17) is 0 Å². The van der Waals surface area contributed by atoms with E-state index in [1.165, 1.54) is 11.1 Å². The highest BCUT2D eigenvalue weighted by Gasteiger charge is 2.26. The second kappa shape index (κ2) is 5.46. The van der Waals surface area contributed by atoms with Gasteiger partial charge < -0.3 is 10.2 Å². The first-order chi connectivity index (χ1) is 9.74. The van der Waals surface area contributed by atoms with Gasteiger partial charge in [-0.1, -0.05) is 24.3 Å². The molecule has 0 saturated heterocycles. The number of carbonyl (C=O) groups excluding carboxylic acids is 1. The summed E-state index contributed by atoms with van der Waals surface area (Å²) >= 11 is 0. The van der Waals surface area contributed by atoms with Crippen LogP contribution in [0.4, 0.5) is 0 Å². The summed E-state index contributed by atoms with van der Waals surface area (Å²) in [5.41, 5.74) is 3.56. The molecule has 1 aromatic heterocycles. The summed E-state index contributed by atoms with van der Waals surface area (Å²) in [6.07, 6.45) is 4.31. The van der Waals surface area contributed by atoms with Crippen LogP contribution in [0.3, 0.4) is 0 Å². The molecule has 2 heterocycles. The Hall–Kier alpha value is -2.14. The Bertz CT molecular complexity index is 594. The fourth-order valence-electron chi connectivity index (χ4n) is 2.61. The van der Waals surface area contributed by atoms with Crippen LogP contribution in [0.25, 0.3) is 0 Å². The van der Waals surface area contributed by atoms with Gasteiger partial charge in [0, 0.05) is 31.9 Å². The number of hydrogen-bond donors (Lipinski definition) is 2. The number of benzene rings is 1. The molecule has 0 aliphatic carbocycles. The third-order valence-electron chi connectivity index (χ3n) is 3.73. The van der Waals surface area contributed by atoms with Crippen molar-refractivity contribution in [1.82, 2.24) is 20.4 Å². The second-order valence-electron chi connectivity index (χ2n) is 5.21. The minimum atomic E-state index is -0.137. The van der Waals surface area contributed by atoms with Crippen LogP contribution in [0, 0.1) is 0 Å². The third-order valence-corrected chi connectivity index (χ3v) is 3.73. The molecule has 1 aromatic carbocycles. The topological polar surface area (TPSA) is 61.0 Å². The summed E-state index contributed by atoms with van der Waals surface area (Å²) in [6.45, 7) is 1.33. The van der Waals surface area contributed by atoms with Gasteiger partial charge in [-0.3, -0.25) is 9.89 Å². The summed E-state index contributed by atoms with van der Waals surface area (Å²) in [4.78, 5) is 14.2. The maximum absolute atomic E-state index is 12.5. The van der Waals surface area contributed by atoms with Gasteiger partial charge in [0.1, 0.15) is 0 Å². The zero-order valence-electron chi connectivity index (χ0n) is 11.5. The van der Waals surface area contributed by atoms with E-state index in [0.29, 0.717) is 6.54 Å². The predicted octanol–water partition coefficient (Wildman–Crippen LogP) is 1.08. The molecule has 0 unspecified atom stereocenters. The number of aromatic nitrogens is 2. The minimum absolute atomic E-state index is 0.126. The number of nitrogens with zero attached hydrogens (tertiary/aromatic N) is 2. The first-order valence-corrected chi connectivity index (χ1v) is 6.77. The van der Waals surface area contributed by atoms with Crippen LogP contribution >= 0.6 is 0 Å². The number of H-pyrrole nitrogens is 1. The molecular formula is C15H18N4O. The van der Waals surface area contributed by atoms with Gasteiger partial charge in [-0.05, 0) is 17.5 Å². The highest BCUT2D eigenvalue weighted by Crippen LogP contribution is 2.17. The molecule has 0 bridgehead atoms. The normalized spacial score (nSPS) is 17.6. The minimum Gasteiger partial charge on any atom is -0.340 e. The number of nitrogens with one attached hydrogen (secondary N) is 2.